The van der Waals surface area contributed by atoms with Gasteiger partial charge in [0.05, 0.1) is 20.2 Å². The molecule has 0 aliphatic carbocycles. The maximum atomic E-state index is 11.9. The standard InChI is InChI=1S/C16H24N2O4/c1-3-10-18(12-16(20)21)11-15(19)17-9-8-13-6-4-5-7-14(13)22-2/h4-7H,3,8-12H2,1-2H3,(H,17,19)(H,20,21). The van der Waals surface area contributed by atoms with Crippen molar-refractivity contribution in [3.63, 3.8) is 0 Å². The summed E-state index contributed by atoms with van der Waals surface area (Å²) in [6, 6.07) is 7.66. The van der Waals surface area contributed by atoms with Gasteiger partial charge in [0, 0.05) is 6.54 Å². The van der Waals surface area contributed by atoms with Gasteiger partial charge in [-0.1, -0.05) is 25.1 Å². The number of methoxy groups -OCH3 is 1. The molecule has 2 N–H and O–H groups in total. The van der Waals surface area contributed by atoms with Crippen molar-refractivity contribution in [2.75, 3.05) is 33.3 Å². The molecule has 0 saturated carbocycles. The Morgan fingerprint density at radius 2 is 2.00 bits per heavy atom. The number of amides is 1. The third-order valence-electron chi connectivity index (χ3n) is 3.17. The van der Waals surface area contributed by atoms with Gasteiger partial charge < -0.3 is 15.2 Å². The predicted octanol–water partition coefficient (Wildman–Crippen LogP) is 1.15. The van der Waals surface area contributed by atoms with E-state index >= 15 is 0 Å². The molecule has 0 aliphatic heterocycles. The quantitative estimate of drug-likeness (QED) is 0.678. The van der Waals surface area contributed by atoms with Gasteiger partial charge in [0.25, 0.3) is 0 Å². The van der Waals surface area contributed by atoms with Crippen LogP contribution in [0.2, 0.25) is 0 Å². The SMILES string of the molecule is CCCN(CC(=O)O)CC(=O)NCCc1ccccc1OC. The van der Waals surface area contributed by atoms with Crippen LogP contribution in [-0.2, 0) is 16.0 Å². The lowest BCUT2D eigenvalue weighted by Gasteiger charge is -2.18. The van der Waals surface area contributed by atoms with Crippen molar-refractivity contribution in [2.24, 2.45) is 0 Å². The van der Waals surface area contributed by atoms with E-state index in [0.29, 0.717) is 19.5 Å². The van der Waals surface area contributed by atoms with Crippen molar-refractivity contribution in [3.8, 4) is 5.75 Å². The number of carboxylic acids is 1. The Balaban J connectivity index is 2.40. The molecule has 0 fully saturated rings. The van der Waals surface area contributed by atoms with E-state index in [1.54, 1.807) is 12.0 Å². The van der Waals surface area contributed by atoms with E-state index in [9.17, 15) is 9.59 Å². The smallest absolute Gasteiger partial charge is 0.317 e. The van der Waals surface area contributed by atoms with E-state index in [4.69, 9.17) is 9.84 Å². The lowest BCUT2D eigenvalue weighted by molar-refractivity contribution is -0.138. The third kappa shape index (κ3) is 6.58. The zero-order chi connectivity index (χ0) is 16.4. The molecule has 0 saturated heterocycles. The number of carbonyl (C=O) groups is 2. The second-order valence-corrected chi connectivity index (χ2v) is 5.02. The number of nitrogens with zero attached hydrogens (tertiary/aromatic N) is 1. The number of aliphatic carboxylic acids is 1. The van der Waals surface area contributed by atoms with Gasteiger partial charge in [-0.15, -0.1) is 0 Å². The fourth-order valence-corrected chi connectivity index (χ4v) is 2.23. The highest BCUT2D eigenvalue weighted by Gasteiger charge is 2.13. The van der Waals surface area contributed by atoms with E-state index in [1.807, 2.05) is 31.2 Å². The van der Waals surface area contributed by atoms with Gasteiger partial charge in [-0.3, -0.25) is 14.5 Å². The lowest BCUT2D eigenvalue weighted by Crippen LogP contribution is -2.40. The van der Waals surface area contributed by atoms with Crippen molar-refractivity contribution in [1.82, 2.24) is 10.2 Å². The molecule has 6 heteroatoms. The van der Waals surface area contributed by atoms with E-state index in [0.717, 1.165) is 17.7 Å². The van der Waals surface area contributed by atoms with Gasteiger partial charge in [0.1, 0.15) is 5.75 Å². The Hall–Kier alpha value is -2.08. The van der Waals surface area contributed by atoms with Crippen LogP contribution in [-0.4, -0.2) is 55.2 Å². The third-order valence-corrected chi connectivity index (χ3v) is 3.17. The topological polar surface area (TPSA) is 78.9 Å². The molecule has 1 rings (SSSR count). The molecule has 0 aliphatic rings. The minimum absolute atomic E-state index is 0.103. The molecule has 0 bridgehead atoms. The van der Waals surface area contributed by atoms with E-state index in [-0.39, 0.29) is 19.0 Å². The lowest BCUT2D eigenvalue weighted by atomic mass is 10.1. The number of benzene rings is 1. The van der Waals surface area contributed by atoms with E-state index in [2.05, 4.69) is 5.32 Å². The summed E-state index contributed by atoms with van der Waals surface area (Å²) >= 11 is 0. The normalized spacial score (nSPS) is 10.5. The summed E-state index contributed by atoms with van der Waals surface area (Å²) in [4.78, 5) is 24.3. The minimum Gasteiger partial charge on any atom is -0.496 e. The zero-order valence-corrected chi connectivity index (χ0v) is 13.2. The number of rotatable bonds is 10. The molecule has 0 aromatic heterocycles. The summed E-state index contributed by atoms with van der Waals surface area (Å²) in [6.07, 6.45) is 1.48. The fraction of sp³-hybridized carbons (Fsp3) is 0.500. The highest BCUT2D eigenvalue weighted by Crippen LogP contribution is 2.17. The molecule has 122 valence electrons. The Bertz CT molecular complexity index is 491. The van der Waals surface area contributed by atoms with Gasteiger partial charge in [0.15, 0.2) is 0 Å². The highest BCUT2D eigenvalue weighted by atomic mass is 16.5. The van der Waals surface area contributed by atoms with Crippen LogP contribution in [0.15, 0.2) is 24.3 Å². The maximum Gasteiger partial charge on any atom is 0.317 e. The van der Waals surface area contributed by atoms with Crippen LogP contribution in [0.5, 0.6) is 5.75 Å². The number of ether oxygens (including phenoxy) is 1. The molecule has 1 amide bonds. The molecule has 1 aromatic carbocycles. The first-order valence-electron chi connectivity index (χ1n) is 7.39. The first-order chi connectivity index (χ1) is 10.6. The van der Waals surface area contributed by atoms with Gasteiger partial charge in [-0.25, -0.2) is 0 Å². The van der Waals surface area contributed by atoms with Crippen molar-refractivity contribution in [3.05, 3.63) is 29.8 Å². The second kappa shape index (κ2) is 9.78. The van der Waals surface area contributed by atoms with E-state index in [1.165, 1.54) is 0 Å². The van der Waals surface area contributed by atoms with Gasteiger partial charge in [-0.2, -0.15) is 0 Å². The summed E-state index contributed by atoms with van der Waals surface area (Å²) in [7, 11) is 1.62. The molecule has 0 radical (unpaired) electrons. The molecule has 0 heterocycles. The van der Waals surface area contributed by atoms with Gasteiger partial charge >= 0.3 is 5.97 Å². The van der Waals surface area contributed by atoms with Crippen molar-refractivity contribution in [2.45, 2.75) is 19.8 Å². The van der Waals surface area contributed by atoms with Crippen LogP contribution in [0.3, 0.4) is 0 Å². The molecule has 1 aromatic rings. The number of nitrogens with one attached hydrogen (secondary N) is 1. The molecular formula is C16H24N2O4. The zero-order valence-electron chi connectivity index (χ0n) is 13.2. The van der Waals surface area contributed by atoms with Crippen molar-refractivity contribution < 1.29 is 19.4 Å². The molecule has 0 atom stereocenters. The Morgan fingerprint density at radius 1 is 1.27 bits per heavy atom. The van der Waals surface area contributed by atoms with Crippen LogP contribution in [0.1, 0.15) is 18.9 Å². The van der Waals surface area contributed by atoms with Gasteiger partial charge in [-0.05, 0) is 31.0 Å². The molecular weight excluding hydrogens is 284 g/mol. The summed E-state index contributed by atoms with van der Waals surface area (Å²) in [5.74, 6) is -0.282. The molecule has 0 unspecified atom stereocenters. The van der Waals surface area contributed by atoms with Crippen molar-refractivity contribution >= 4 is 11.9 Å². The van der Waals surface area contributed by atoms with Crippen LogP contribution >= 0.6 is 0 Å². The number of para-hydroxylation sites is 1. The average molecular weight is 308 g/mol. The molecule has 6 nitrogen and oxygen atoms in total. The summed E-state index contributed by atoms with van der Waals surface area (Å²) in [6.45, 7) is 3.02. The largest absolute Gasteiger partial charge is 0.496 e. The minimum atomic E-state index is -0.921. The first kappa shape index (κ1) is 18.0. The number of hydrogen-bond donors (Lipinski definition) is 2. The average Bonchev–Trinajstić information content (AvgIpc) is 2.47. The van der Waals surface area contributed by atoms with E-state index < -0.39 is 5.97 Å². The number of carbonyl (C=O) groups excluding carboxylic acids is 1. The van der Waals surface area contributed by atoms with Crippen LogP contribution < -0.4 is 10.1 Å². The fourth-order valence-electron chi connectivity index (χ4n) is 2.23. The Labute approximate surface area is 131 Å². The molecule has 0 spiro atoms. The summed E-state index contributed by atoms with van der Waals surface area (Å²) < 4.78 is 5.26. The van der Waals surface area contributed by atoms with Crippen molar-refractivity contribution in [1.29, 1.82) is 0 Å². The highest BCUT2D eigenvalue weighted by molar-refractivity contribution is 5.79. The summed E-state index contributed by atoms with van der Waals surface area (Å²) in [5.41, 5.74) is 1.03. The van der Waals surface area contributed by atoms with Crippen LogP contribution in [0.25, 0.3) is 0 Å². The predicted molar refractivity (Wildman–Crippen MR) is 84.1 cm³/mol. The van der Waals surface area contributed by atoms with Gasteiger partial charge in [0.2, 0.25) is 5.91 Å². The Kier molecular flexibility index (Phi) is 7.99. The first-order valence-corrected chi connectivity index (χ1v) is 7.39. The monoisotopic (exact) mass is 308 g/mol. The number of carboxylic acid groups (broad SMARTS) is 1. The number of hydrogen-bond acceptors (Lipinski definition) is 4. The van der Waals surface area contributed by atoms with Crippen LogP contribution in [0, 0.1) is 0 Å². The summed E-state index contributed by atoms with van der Waals surface area (Å²) in [5, 5.41) is 11.6. The maximum absolute atomic E-state index is 11.9. The Morgan fingerprint density at radius 3 is 2.64 bits per heavy atom. The molecule has 22 heavy (non-hydrogen) atoms. The second-order valence-electron chi connectivity index (χ2n) is 5.02. The van der Waals surface area contributed by atoms with Crippen LogP contribution in [0.4, 0.5) is 0 Å².